The molecule has 16 heavy (non-hydrogen) atoms. The number of hydrogen-bond donors (Lipinski definition) is 1. The summed E-state index contributed by atoms with van der Waals surface area (Å²) in [6, 6.07) is 0.113. The average molecular weight is 226 g/mol. The van der Waals surface area contributed by atoms with Gasteiger partial charge in [-0.25, -0.2) is 0 Å². The summed E-state index contributed by atoms with van der Waals surface area (Å²) in [6.45, 7) is 1.34. The molecule has 2 rings (SSSR count). The van der Waals surface area contributed by atoms with Gasteiger partial charge in [0.2, 0.25) is 5.82 Å². The number of nitro groups is 1. The quantitative estimate of drug-likeness (QED) is 0.612. The molecule has 1 aliphatic rings. The summed E-state index contributed by atoms with van der Waals surface area (Å²) in [4.78, 5) is 10.3. The van der Waals surface area contributed by atoms with Gasteiger partial charge in [0.1, 0.15) is 6.20 Å². The Morgan fingerprint density at radius 1 is 1.75 bits per heavy atom. The Hall–Kier alpha value is -1.63. The van der Waals surface area contributed by atoms with Crippen LogP contribution < -0.4 is 5.32 Å². The van der Waals surface area contributed by atoms with E-state index >= 15 is 0 Å². The zero-order valence-corrected chi connectivity index (χ0v) is 9.05. The van der Waals surface area contributed by atoms with Gasteiger partial charge in [-0.15, -0.1) is 5.10 Å². The molecule has 88 valence electrons. The van der Waals surface area contributed by atoms with Gasteiger partial charge in [0.15, 0.2) is 0 Å². The maximum atomic E-state index is 10.8. The summed E-state index contributed by atoms with van der Waals surface area (Å²) in [5.74, 6) is 0.322. The fraction of sp³-hybridized carbons (Fsp3) is 0.667. The van der Waals surface area contributed by atoms with Crippen LogP contribution in [-0.4, -0.2) is 34.0 Å². The predicted molar refractivity (Wildman–Crippen MR) is 57.3 cm³/mol. The molecule has 1 N–H and O–H groups in total. The maximum absolute atomic E-state index is 10.8. The third-order valence-corrected chi connectivity index (χ3v) is 2.51. The zero-order chi connectivity index (χ0) is 11.5. The summed E-state index contributed by atoms with van der Waals surface area (Å²) in [5, 5.41) is 17.8. The predicted octanol–water partition coefficient (Wildman–Crippen LogP) is 0.919. The zero-order valence-electron chi connectivity index (χ0n) is 9.05. The minimum atomic E-state index is -0.432. The Kier molecular flexibility index (Phi) is 3.04. The van der Waals surface area contributed by atoms with Crippen LogP contribution in [0.4, 0.5) is 11.5 Å². The second kappa shape index (κ2) is 4.48. The van der Waals surface area contributed by atoms with E-state index in [0.717, 1.165) is 19.4 Å². The first-order valence-corrected chi connectivity index (χ1v) is 5.19. The molecule has 0 saturated carbocycles. The highest BCUT2D eigenvalue weighted by atomic mass is 16.6. The van der Waals surface area contributed by atoms with Crippen molar-refractivity contribution in [2.45, 2.75) is 18.9 Å². The third-order valence-electron chi connectivity index (χ3n) is 2.51. The first kappa shape index (κ1) is 10.9. The highest BCUT2D eigenvalue weighted by molar-refractivity contribution is 5.55. The van der Waals surface area contributed by atoms with Gasteiger partial charge in [-0.2, -0.15) is 0 Å². The standard InChI is InChI=1S/C9H14N4O3/c1-12-5-8(13(14)15)9(11-12)10-7-3-2-4-16-6-7/h5,7H,2-4,6H2,1H3,(H,10,11). The molecule has 7 heteroatoms. The molecule has 0 spiro atoms. The lowest BCUT2D eigenvalue weighted by Crippen LogP contribution is -2.30. The van der Waals surface area contributed by atoms with Gasteiger partial charge in [-0.05, 0) is 12.8 Å². The molecular weight excluding hydrogens is 212 g/mol. The van der Waals surface area contributed by atoms with Crippen LogP contribution in [-0.2, 0) is 11.8 Å². The van der Waals surface area contributed by atoms with Crippen LogP contribution >= 0.6 is 0 Å². The summed E-state index contributed by atoms with van der Waals surface area (Å²) in [7, 11) is 1.66. The molecule has 0 amide bonds. The molecular formula is C9H14N4O3. The van der Waals surface area contributed by atoms with Crippen molar-refractivity contribution >= 4 is 11.5 Å². The van der Waals surface area contributed by atoms with E-state index in [1.54, 1.807) is 7.05 Å². The van der Waals surface area contributed by atoms with Crippen molar-refractivity contribution < 1.29 is 9.66 Å². The maximum Gasteiger partial charge on any atom is 0.330 e. The average Bonchev–Trinajstić information content (AvgIpc) is 2.61. The molecule has 2 heterocycles. The van der Waals surface area contributed by atoms with Gasteiger partial charge in [-0.3, -0.25) is 14.8 Å². The minimum absolute atomic E-state index is 0.00748. The SMILES string of the molecule is Cn1cc([N+](=O)[O-])c(NC2CCCOC2)n1. The van der Waals surface area contributed by atoms with Crippen LogP contribution in [0.15, 0.2) is 6.20 Å². The number of hydrogen-bond acceptors (Lipinski definition) is 5. The highest BCUT2D eigenvalue weighted by Gasteiger charge is 2.22. The van der Waals surface area contributed by atoms with E-state index in [1.165, 1.54) is 10.9 Å². The van der Waals surface area contributed by atoms with Gasteiger partial charge in [0.05, 0.1) is 17.6 Å². The van der Waals surface area contributed by atoms with Crippen molar-refractivity contribution in [3.05, 3.63) is 16.3 Å². The van der Waals surface area contributed by atoms with Crippen molar-refractivity contribution in [2.24, 2.45) is 7.05 Å². The molecule has 0 aliphatic carbocycles. The lowest BCUT2D eigenvalue weighted by Gasteiger charge is -2.22. The number of ether oxygens (including phenoxy) is 1. The number of aromatic nitrogens is 2. The fourth-order valence-corrected chi connectivity index (χ4v) is 1.76. The second-order valence-electron chi connectivity index (χ2n) is 3.85. The lowest BCUT2D eigenvalue weighted by molar-refractivity contribution is -0.384. The smallest absolute Gasteiger partial charge is 0.330 e. The van der Waals surface area contributed by atoms with Gasteiger partial charge in [-0.1, -0.05) is 0 Å². The van der Waals surface area contributed by atoms with E-state index in [0.29, 0.717) is 12.4 Å². The van der Waals surface area contributed by atoms with E-state index in [1.807, 2.05) is 0 Å². The molecule has 1 atom stereocenters. The summed E-state index contributed by atoms with van der Waals surface area (Å²) in [5.41, 5.74) is 0.00748. The molecule has 0 radical (unpaired) electrons. The van der Waals surface area contributed by atoms with Crippen LogP contribution in [0.5, 0.6) is 0 Å². The number of anilines is 1. The van der Waals surface area contributed by atoms with Gasteiger partial charge >= 0.3 is 5.69 Å². The normalized spacial score (nSPS) is 20.7. The number of nitrogens with zero attached hydrogens (tertiary/aromatic N) is 3. The summed E-state index contributed by atoms with van der Waals surface area (Å²) in [6.07, 6.45) is 3.32. The number of nitrogens with one attached hydrogen (secondary N) is 1. The van der Waals surface area contributed by atoms with Gasteiger partial charge < -0.3 is 10.1 Å². The van der Waals surface area contributed by atoms with Crippen molar-refractivity contribution in [1.82, 2.24) is 9.78 Å². The van der Waals surface area contributed by atoms with Crippen molar-refractivity contribution in [1.29, 1.82) is 0 Å². The molecule has 0 bridgehead atoms. The van der Waals surface area contributed by atoms with Crippen LogP contribution in [0.3, 0.4) is 0 Å². The summed E-state index contributed by atoms with van der Waals surface area (Å²) < 4.78 is 6.73. The molecule has 7 nitrogen and oxygen atoms in total. The van der Waals surface area contributed by atoms with E-state index < -0.39 is 4.92 Å². The Bertz CT molecular complexity index is 384. The molecule has 1 aromatic heterocycles. The minimum Gasteiger partial charge on any atom is -0.379 e. The highest BCUT2D eigenvalue weighted by Crippen LogP contribution is 2.23. The Labute approximate surface area is 92.5 Å². The molecule has 1 aromatic rings. The molecule has 1 fully saturated rings. The Balaban J connectivity index is 2.10. The van der Waals surface area contributed by atoms with E-state index in [4.69, 9.17) is 4.74 Å². The van der Waals surface area contributed by atoms with E-state index in [9.17, 15) is 10.1 Å². The molecule has 0 aromatic carbocycles. The number of rotatable bonds is 3. The van der Waals surface area contributed by atoms with E-state index in [2.05, 4.69) is 10.4 Å². The van der Waals surface area contributed by atoms with Crippen molar-refractivity contribution in [2.75, 3.05) is 18.5 Å². The molecule has 1 saturated heterocycles. The fourth-order valence-electron chi connectivity index (χ4n) is 1.76. The Morgan fingerprint density at radius 3 is 3.19 bits per heavy atom. The van der Waals surface area contributed by atoms with Crippen molar-refractivity contribution in [3.8, 4) is 0 Å². The van der Waals surface area contributed by atoms with E-state index in [-0.39, 0.29) is 11.7 Å². The van der Waals surface area contributed by atoms with Crippen LogP contribution in [0, 0.1) is 10.1 Å². The monoisotopic (exact) mass is 226 g/mol. The summed E-state index contributed by atoms with van der Waals surface area (Å²) >= 11 is 0. The van der Waals surface area contributed by atoms with Gasteiger partial charge in [0.25, 0.3) is 0 Å². The van der Waals surface area contributed by atoms with Crippen molar-refractivity contribution in [3.63, 3.8) is 0 Å². The van der Waals surface area contributed by atoms with Crippen LogP contribution in [0.2, 0.25) is 0 Å². The molecule has 1 aliphatic heterocycles. The first-order chi connectivity index (χ1) is 7.66. The van der Waals surface area contributed by atoms with Crippen LogP contribution in [0.25, 0.3) is 0 Å². The third kappa shape index (κ3) is 2.30. The first-order valence-electron chi connectivity index (χ1n) is 5.19. The topological polar surface area (TPSA) is 82.2 Å². The lowest BCUT2D eigenvalue weighted by atomic mass is 10.1. The van der Waals surface area contributed by atoms with Gasteiger partial charge in [0, 0.05) is 13.7 Å². The van der Waals surface area contributed by atoms with Crippen LogP contribution in [0.1, 0.15) is 12.8 Å². The largest absolute Gasteiger partial charge is 0.379 e. The number of aryl methyl sites for hydroxylation is 1. The Morgan fingerprint density at radius 2 is 2.56 bits per heavy atom. The second-order valence-corrected chi connectivity index (χ2v) is 3.85. The molecule has 1 unspecified atom stereocenters.